The van der Waals surface area contributed by atoms with E-state index in [-0.39, 0.29) is 16.8 Å². The van der Waals surface area contributed by atoms with Crippen LogP contribution in [0.1, 0.15) is 46.4 Å². The summed E-state index contributed by atoms with van der Waals surface area (Å²) in [5.74, 6) is -0.286. The van der Waals surface area contributed by atoms with Crippen LogP contribution in [0.15, 0.2) is 47.4 Å². The van der Waals surface area contributed by atoms with Crippen LogP contribution >= 0.6 is 0 Å². The molecular weight excluding hydrogens is 348 g/mol. The molecule has 2 rings (SSSR count). The highest BCUT2D eigenvalue weighted by Gasteiger charge is 2.20. The van der Waals surface area contributed by atoms with E-state index < -0.39 is 10.0 Å². The lowest BCUT2D eigenvalue weighted by molar-refractivity contribution is 0.0935. The van der Waals surface area contributed by atoms with Crippen LogP contribution in [0.3, 0.4) is 0 Å². The zero-order valence-electron chi connectivity index (χ0n) is 15.9. The molecule has 5 nitrogen and oxygen atoms in total. The number of sulfonamides is 1. The summed E-state index contributed by atoms with van der Waals surface area (Å²) in [4.78, 5) is 12.8. The fourth-order valence-corrected chi connectivity index (χ4v) is 3.60. The standard InChI is InChI=1S/C20H26N2O3S/c1-6-19(16-11-10-14(2)15(3)12-16)21-20(23)17-8-7-9-18(13-17)26(24,25)22(4)5/h7-13,19H,6H2,1-5H3,(H,21,23)/t19-/m0/s1. The number of carbonyl (C=O) groups excluding carboxylic acids is 1. The minimum atomic E-state index is -3.58. The van der Waals surface area contributed by atoms with Crippen molar-refractivity contribution >= 4 is 15.9 Å². The van der Waals surface area contributed by atoms with Crippen molar-refractivity contribution in [1.82, 2.24) is 9.62 Å². The molecule has 1 amide bonds. The molecule has 2 aromatic carbocycles. The van der Waals surface area contributed by atoms with Gasteiger partial charge in [-0.15, -0.1) is 0 Å². The van der Waals surface area contributed by atoms with Crippen LogP contribution in [0, 0.1) is 13.8 Å². The molecule has 6 heteroatoms. The fraction of sp³-hybridized carbons (Fsp3) is 0.350. The quantitative estimate of drug-likeness (QED) is 0.842. The van der Waals surface area contributed by atoms with Gasteiger partial charge in [0.1, 0.15) is 0 Å². The summed E-state index contributed by atoms with van der Waals surface area (Å²) in [7, 11) is -0.642. The molecule has 2 aromatic rings. The largest absolute Gasteiger partial charge is 0.345 e. The first-order valence-corrected chi connectivity index (χ1v) is 10.0. The average Bonchev–Trinajstić information content (AvgIpc) is 2.61. The predicted octanol–water partition coefficient (Wildman–Crippen LogP) is 3.43. The zero-order chi connectivity index (χ0) is 19.5. The smallest absolute Gasteiger partial charge is 0.251 e. The van der Waals surface area contributed by atoms with Crippen LogP contribution in [0.4, 0.5) is 0 Å². The van der Waals surface area contributed by atoms with Gasteiger partial charge in [-0.25, -0.2) is 12.7 Å². The number of carbonyl (C=O) groups is 1. The molecule has 0 saturated heterocycles. The van der Waals surface area contributed by atoms with Crippen LogP contribution in [-0.4, -0.2) is 32.7 Å². The number of benzene rings is 2. The van der Waals surface area contributed by atoms with Gasteiger partial charge in [-0.2, -0.15) is 0 Å². The summed E-state index contributed by atoms with van der Waals surface area (Å²) in [5.41, 5.74) is 3.75. The van der Waals surface area contributed by atoms with E-state index in [1.165, 1.54) is 37.4 Å². The summed E-state index contributed by atoms with van der Waals surface area (Å²) in [6, 6.07) is 12.1. The van der Waals surface area contributed by atoms with Crippen molar-refractivity contribution in [2.45, 2.75) is 38.1 Å². The molecule has 0 bridgehead atoms. The lowest BCUT2D eigenvalue weighted by Crippen LogP contribution is -2.28. The van der Waals surface area contributed by atoms with Gasteiger partial charge in [0.2, 0.25) is 10.0 Å². The van der Waals surface area contributed by atoms with Gasteiger partial charge in [0.05, 0.1) is 10.9 Å². The summed E-state index contributed by atoms with van der Waals surface area (Å²) < 4.78 is 25.7. The monoisotopic (exact) mass is 374 g/mol. The summed E-state index contributed by atoms with van der Waals surface area (Å²) in [5, 5.41) is 3.01. The van der Waals surface area contributed by atoms with Crippen molar-refractivity contribution in [2.24, 2.45) is 0 Å². The maximum atomic E-state index is 12.7. The summed E-state index contributed by atoms with van der Waals surface area (Å²) >= 11 is 0. The first-order chi connectivity index (χ1) is 12.2. The van der Waals surface area contributed by atoms with Crippen molar-refractivity contribution in [1.29, 1.82) is 0 Å². The van der Waals surface area contributed by atoms with Gasteiger partial charge in [-0.1, -0.05) is 31.2 Å². The Morgan fingerprint density at radius 2 is 1.77 bits per heavy atom. The molecule has 0 radical (unpaired) electrons. The minimum Gasteiger partial charge on any atom is -0.345 e. The molecule has 0 aliphatic rings. The first-order valence-electron chi connectivity index (χ1n) is 8.57. The molecule has 0 unspecified atom stereocenters. The van der Waals surface area contributed by atoms with E-state index >= 15 is 0 Å². The normalized spacial score (nSPS) is 12.8. The SMILES string of the molecule is CC[C@H](NC(=O)c1cccc(S(=O)(=O)N(C)C)c1)c1ccc(C)c(C)c1. The lowest BCUT2D eigenvalue weighted by atomic mass is 9.99. The highest BCUT2D eigenvalue weighted by molar-refractivity contribution is 7.89. The Kier molecular flexibility index (Phi) is 6.21. The molecule has 0 saturated carbocycles. The molecule has 0 aromatic heterocycles. The first kappa shape index (κ1) is 20.1. The Bertz CT molecular complexity index is 905. The number of aryl methyl sites for hydroxylation is 2. The Hall–Kier alpha value is -2.18. The van der Waals surface area contributed by atoms with Crippen LogP contribution in [0.5, 0.6) is 0 Å². The van der Waals surface area contributed by atoms with Gasteiger partial charge in [0.15, 0.2) is 0 Å². The molecular formula is C20H26N2O3S. The molecule has 0 spiro atoms. The predicted molar refractivity (Wildman–Crippen MR) is 104 cm³/mol. The second-order valence-electron chi connectivity index (χ2n) is 6.59. The molecule has 0 aliphatic carbocycles. The van der Waals surface area contributed by atoms with Crippen molar-refractivity contribution in [2.75, 3.05) is 14.1 Å². The number of hydrogen-bond acceptors (Lipinski definition) is 3. The van der Waals surface area contributed by atoms with Crippen molar-refractivity contribution in [3.63, 3.8) is 0 Å². The number of rotatable bonds is 6. The van der Waals surface area contributed by atoms with E-state index in [1.807, 2.05) is 26.0 Å². The molecule has 140 valence electrons. The van der Waals surface area contributed by atoms with Crippen LogP contribution in [0.2, 0.25) is 0 Å². The van der Waals surface area contributed by atoms with E-state index in [4.69, 9.17) is 0 Å². The average molecular weight is 375 g/mol. The molecule has 26 heavy (non-hydrogen) atoms. The third kappa shape index (κ3) is 4.31. The summed E-state index contributed by atoms with van der Waals surface area (Å²) in [6.07, 6.45) is 0.740. The van der Waals surface area contributed by atoms with Gasteiger partial charge in [0.25, 0.3) is 5.91 Å². The van der Waals surface area contributed by atoms with E-state index in [0.29, 0.717) is 5.56 Å². The highest BCUT2D eigenvalue weighted by atomic mass is 32.2. The van der Waals surface area contributed by atoms with Crippen molar-refractivity contribution in [3.05, 3.63) is 64.7 Å². The maximum Gasteiger partial charge on any atom is 0.251 e. The molecule has 0 fully saturated rings. The van der Waals surface area contributed by atoms with E-state index in [1.54, 1.807) is 12.1 Å². The summed E-state index contributed by atoms with van der Waals surface area (Å²) in [6.45, 7) is 6.10. The molecule has 1 atom stereocenters. The number of nitrogens with zero attached hydrogens (tertiary/aromatic N) is 1. The van der Waals surface area contributed by atoms with E-state index in [2.05, 4.69) is 18.3 Å². The second-order valence-corrected chi connectivity index (χ2v) is 8.75. The Balaban J connectivity index is 2.27. The third-order valence-corrected chi connectivity index (χ3v) is 6.33. The number of amides is 1. The van der Waals surface area contributed by atoms with Crippen molar-refractivity contribution < 1.29 is 13.2 Å². The van der Waals surface area contributed by atoms with Crippen molar-refractivity contribution in [3.8, 4) is 0 Å². The molecule has 0 heterocycles. The van der Waals surface area contributed by atoms with E-state index in [9.17, 15) is 13.2 Å². The van der Waals surface area contributed by atoms with E-state index in [0.717, 1.165) is 16.3 Å². The van der Waals surface area contributed by atoms with Gasteiger partial charge in [0, 0.05) is 19.7 Å². The Morgan fingerprint density at radius 3 is 2.35 bits per heavy atom. The minimum absolute atomic E-state index is 0.106. The van der Waals surface area contributed by atoms with Gasteiger partial charge < -0.3 is 5.32 Å². The topological polar surface area (TPSA) is 66.5 Å². The Morgan fingerprint density at radius 1 is 1.08 bits per heavy atom. The van der Waals surface area contributed by atoms with Gasteiger partial charge >= 0.3 is 0 Å². The van der Waals surface area contributed by atoms with Crippen LogP contribution < -0.4 is 5.32 Å². The second kappa shape index (κ2) is 8.01. The maximum absolute atomic E-state index is 12.7. The lowest BCUT2D eigenvalue weighted by Gasteiger charge is -2.19. The van der Waals surface area contributed by atoms with Crippen LogP contribution in [-0.2, 0) is 10.0 Å². The highest BCUT2D eigenvalue weighted by Crippen LogP contribution is 2.21. The van der Waals surface area contributed by atoms with Gasteiger partial charge in [-0.3, -0.25) is 4.79 Å². The zero-order valence-corrected chi connectivity index (χ0v) is 16.7. The Labute approximate surface area is 156 Å². The van der Waals surface area contributed by atoms with Gasteiger partial charge in [-0.05, 0) is 55.2 Å². The fourth-order valence-electron chi connectivity index (χ4n) is 2.65. The van der Waals surface area contributed by atoms with Crippen LogP contribution in [0.25, 0.3) is 0 Å². The molecule has 0 aliphatic heterocycles. The molecule has 1 N–H and O–H groups in total. The number of nitrogens with one attached hydrogen (secondary N) is 1. The third-order valence-electron chi connectivity index (χ3n) is 4.52. The number of hydrogen-bond donors (Lipinski definition) is 1.